The maximum absolute atomic E-state index is 13.8. The van der Waals surface area contributed by atoms with Crippen LogP contribution >= 0.6 is 22.9 Å². The Morgan fingerprint density at radius 3 is 2.41 bits per heavy atom. The van der Waals surface area contributed by atoms with E-state index in [4.69, 9.17) is 16.3 Å². The third-order valence-corrected chi connectivity index (χ3v) is 5.23. The Morgan fingerprint density at radius 2 is 1.83 bits per heavy atom. The number of halogens is 2. The van der Waals surface area contributed by atoms with Crippen molar-refractivity contribution in [1.29, 1.82) is 0 Å². The van der Waals surface area contributed by atoms with Crippen LogP contribution in [-0.2, 0) is 14.3 Å². The molecular weight excluding hydrogens is 419 g/mol. The molecule has 6 nitrogen and oxygen atoms in total. The SMILES string of the molecule is Cc1cc(NC(=O)C(C)(C)C)sc1C(=O)OC(C)C(=O)Nc1ccc(Cl)cc1F. The van der Waals surface area contributed by atoms with Gasteiger partial charge in [0.1, 0.15) is 10.7 Å². The van der Waals surface area contributed by atoms with Crippen molar-refractivity contribution in [3.63, 3.8) is 0 Å². The zero-order valence-electron chi connectivity index (χ0n) is 16.7. The molecule has 1 aromatic heterocycles. The molecule has 1 unspecified atom stereocenters. The van der Waals surface area contributed by atoms with E-state index in [1.54, 1.807) is 33.8 Å². The summed E-state index contributed by atoms with van der Waals surface area (Å²) in [4.78, 5) is 37.0. The second-order valence-corrected chi connectivity index (χ2v) is 8.98. The quantitative estimate of drug-likeness (QED) is 0.639. The zero-order chi connectivity index (χ0) is 21.9. The summed E-state index contributed by atoms with van der Waals surface area (Å²) in [6.45, 7) is 8.42. The lowest BCUT2D eigenvalue weighted by atomic mass is 9.96. The Kier molecular flexibility index (Phi) is 7.02. The number of thiophene rings is 1. The number of benzene rings is 1. The third-order valence-electron chi connectivity index (χ3n) is 3.86. The minimum Gasteiger partial charge on any atom is -0.448 e. The molecule has 0 aliphatic heterocycles. The fourth-order valence-electron chi connectivity index (χ4n) is 2.14. The number of rotatable bonds is 5. The first-order chi connectivity index (χ1) is 13.4. The van der Waals surface area contributed by atoms with Gasteiger partial charge in [0, 0.05) is 10.4 Å². The molecule has 1 aromatic carbocycles. The summed E-state index contributed by atoms with van der Waals surface area (Å²) in [6.07, 6.45) is -1.16. The summed E-state index contributed by atoms with van der Waals surface area (Å²) in [7, 11) is 0. The summed E-state index contributed by atoms with van der Waals surface area (Å²) >= 11 is 6.74. The number of carbonyl (C=O) groups excluding carboxylic acids is 3. The summed E-state index contributed by atoms with van der Waals surface area (Å²) in [5, 5.41) is 5.82. The highest BCUT2D eigenvalue weighted by Crippen LogP contribution is 2.29. The summed E-state index contributed by atoms with van der Waals surface area (Å²) < 4.78 is 19.0. The molecule has 2 amide bonds. The fraction of sp³-hybridized carbons (Fsp3) is 0.350. The molecule has 1 heterocycles. The van der Waals surface area contributed by atoms with Crippen LogP contribution in [0, 0.1) is 18.2 Å². The maximum Gasteiger partial charge on any atom is 0.349 e. The van der Waals surface area contributed by atoms with E-state index in [0.717, 1.165) is 17.4 Å². The molecule has 156 valence electrons. The zero-order valence-corrected chi connectivity index (χ0v) is 18.3. The van der Waals surface area contributed by atoms with E-state index in [1.165, 1.54) is 19.1 Å². The Bertz CT molecular complexity index is 952. The maximum atomic E-state index is 13.8. The number of nitrogens with one attached hydrogen (secondary N) is 2. The molecule has 0 aliphatic rings. The van der Waals surface area contributed by atoms with Gasteiger partial charge in [0.05, 0.1) is 10.7 Å². The van der Waals surface area contributed by atoms with Crippen LogP contribution in [0.2, 0.25) is 5.02 Å². The Hall–Kier alpha value is -2.45. The van der Waals surface area contributed by atoms with E-state index in [1.807, 2.05) is 0 Å². The molecule has 1 atom stereocenters. The van der Waals surface area contributed by atoms with Gasteiger partial charge in [0.15, 0.2) is 6.10 Å². The van der Waals surface area contributed by atoms with Crippen molar-refractivity contribution in [2.75, 3.05) is 10.6 Å². The molecule has 0 saturated carbocycles. The number of ether oxygens (including phenoxy) is 1. The van der Waals surface area contributed by atoms with Crippen molar-refractivity contribution in [2.24, 2.45) is 5.41 Å². The molecule has 0 bridgehead atoms. The largest absolute Gasteiger partial charge is 0.448 e. The predicted molar refractivity (Wildman–Crippen MR) is 112 cm³/mol. The average Bonchev–Trinajstić information content (AvgIpc) is 2.96. The summed E-state index contributed by atoms with van der Waals surface area (Å²) in [6, 6.07) is 5.48. The lowest BCUT2D eigenvalue weighted by molar-refractivity contribution is -0.124. The molecule has 9 heteroatoms. The van der Waals surface area contributed by atoms with Crippen LogP contribution in [-0.4, -0.2) is 23.9 Å². The van der Waals surface area contributed by atoms with E-state index in [9.17, 15) is 18.8 Å². The van der Waals surface area contributed by atoms with Gasteiger partial charge < -0.3 is 15.4 Å². The number of esters is 1. The number of aryl methyl sites for hydroxylation is 1. The number of anilines is 2. The van der Waals surface area contributed by atoms with Gasteiger partial charge in [0.25, 0.3) is 5.91 Å². The van der Waals surface area contributed by atoms with E-state index in [2.05, 4.69) is 10.6 Å². The standard InChI is InChI=1S/C20H22ClFN2O4S/c1-10-8-15(24-19(27)20(3,4)5)29-16(10)18(26)28-11(2)17(25)23-14-7-6-12(21)9-13(14)22/h6-9,11H,1-5H3,(H,23,25)(H,24,27). The third kappa shape index (κ3) is 6.01. The van der Waals surface area contributed by atoms with Gasteiger partial charge in [-0.25, -0.2) is 9.18 Å². The van der Waals surface area contributed by atoms with Gasteiger partial charge in [-0.05, 0) is 43.7 Å². The molecule has 2 aromatic rings. The first-order valence-electron chi connectivity index (χ1n) is 8.77. The predicted octanol–water partition coefficient (Wildman–Crippen LogP) is 5.02. The highest BCUT2D eigenvalue weighted by Gasteiger charge is 2.25. The highest BCUT2D eigenvalue weighted by atomic mass is 35.5. The molecule has 0 radical (unpaired) electrons. The number of carbonyl (C=O) groups is 3. The van der Waals surface area contributed by atoms with Crippen LogP contribution in [0.3, 0.4) is 0 Å². The molecule has 2 N–H and O–H groups in total. The lowest BCUT2D eigenvalue weighted by Crippen LogP contribution is -2.30. The topological polar surface area (TPSA) is 84.5 Å². The van der Waals surface area contributed by atoms with Crippen LogP contribution < -0.4 is 10.6 Å². The van der Waals surface area contributed by atoms with Crippen molar-refractivity contribution < 1.29 is 23.5 Å². The molecule has 0 spiro atoms. The van der Waals surface area contributed by atoms with Crippen LogP contribution in [0.25, 0.3) is 0 Å². The van der Waals surface area contributed by atoms with Crippen molar-refractivity contribution >= 4 is 51.4 Å². The monoisotopic (exact) mass is 440 g/mol. The minimum absolute atomic E-state index is 0.0678. The number of hydrogen-bond donors (Lipinski definition) is 2. The van der Waals surface area contributed by atoms with Gasteiger partial charge >= 0.3 is 5.97 Å². The Labute approximate surface area is 177 Å². The summed E-state index contributed by atoms with van der Waals surface area (Å²) in [5.41, 5.74) is -0.0374. The normalized spacial score (nSPS) is 12.2. The molecule has 0 saturated heterocycles. The summed E-state index contributed by atoms with van der Waals surface area (Å²) in [5.74, 6) is -2.27. The van der Waals surface area contributed by atoms with E-state index >= 15 is 0 Å². The van der Waals surface area contributed by atoms with Crippen LogP contribution in [0.5, 0.6) is 0 Å². The van der Waals surface area contributed by atoms with Gasteiger partial charge in [-0.3, -0.25) is 9.59 Å². The van der Waals surface area contributed by atoms with E-state index in [-0.39, 0.29) is 21.5 Å². The van der Waals surface area contributed by atoms with E-state index in [0.29, 0.717) is 10.6 Å². The van der Waals surface area contributed by atoms with Crippen LogP contribution in [0.1, 0.15) is 42.9 Å². The first-order valence-corrected chi connectivity index (χ1v) is 9.96. The van der Waals surface area contributed by atoms with Crippen LogP contribution in [0.4, 0.5) is 15.1 Å². The second-order valence-electron chi connectivity index (χ2n) is 7.49. The van der Waals surface area contributed by atoms with Gasteiger partial charge in [-0.15, -0.1) is 11.3 Å². The first kappa shape index (κ1) is 22.8. The lowest BCUT2D eigenvalue weighted by Gasteiger charge is -2.16. The smallest absolute Gasteiger partial charge is 0.349 e. The molecule has 29 heavy (non-hydrogen) atoms. The Morgan fingerprint density at radius 1 is 1.17 bits per heavy atom. The van der Waals surface area contributed by atoms with Crippen molar-refractivity contribution in [3.05, 3.63) is 45.5 Å². The van der Waals surface area contributed by atoms with Gasteiger partial charge in [0.2, 0.25) is 5.91 Å². The highest BCUT2D eigenvalue weighted by molar-refractivity contribution is 7.18. The van der Waals surface area contributed by atoms with Gasteiger partial charge in [-0.1, -0.05) is 32.4 Å². The number of amides is 2. The minimum atomic E-state index is -1.16. The van der Waals surface area contributed by atoms with Crippen molar-refractivity contribution in [1.82, 2.24) is 0 Å². The van der Waals surface area contributed by atoms with E-state index < -0.39 is 29.2 Å². The van der Waals surface area contributed by atoms with Crippen molar-refractivity contribution in [2.45, 2.75) is 40.7 Å². The van der Waals surface area contributed by atoms with Gasteiger partial charge in [-0.2, -0.15) is 0 Å². The molecule has 0 fully saturated rings. The molecule has 0 aliphatic carbocycles. The second kappa shape index (κ2) is 8.92. The molecular formula is C20H22ClFN2O4S. The number of hydrogen-bond acceptors (Lipinski definition) is 5. The average molecular weight is 441 g/mol. The Balaban J connectivity index is 2.03. The fourth-order valence-corrected chi connectivity index (χ4v) is 3.25. The van der Waals surface area contributed by atoms with Crippen molar-refractivity contribution in [3.8, 4) is 0 Å². The molecule has 2 rings (SSSR count). The van der Waals surface area contributed by atoms with Crippen LogP contribution in [0.15, 0.2) is 24.3 Å².